The highest BCUT2D eigenvalue weighted by molar-refractivity contribution is 7.80. The van der Waals surface area contributed by atoms with Crippen molar-refractivity contribution in [2.24, 2.45) is 10.8 Å². The van der Waals surface area contributed by atoms with Crippen molar-refractivity contribution in [3.05, 3.63) is 27.6 Å². The Kier molecular flexibility index (Phi) is 4.37. The van der Waals surface area contributed by atoms with E-state index in [9.17, 15) is 10.4 Å². The number of hydrogen-bond acceptors (Lipinski definition) is 6. The minimum atomic E-state index is -1.22. The van der Waals surface area contributed by atoms with E-state index in [1.165, 1.54) is 11.3 Å². The number of hydrazone groups is 1. The normalized spacial score (nSPS) is 28.7. The zero-order valence-corrected chi connectivity index (χ0v) is 15.3. The quantitative estimate of drug-likeness (QED) is 0.320. The van der Waals surface area contributed by atoms with E-state index >= 15 is 0 Å². The van der Waals surface area contributed by atoms with Gasteiger partial charge in [-0.15, -0.1) is 16.4 Å². The molecule has 4 N–H and O–H groups in total. The van der Waals surface area contributed by atoms with E-state index in [1.807, 2.05) is 31.4 Å². The van der Waals surface area contributed by atoms with E-state index in [2.05, 4.69) is 10.5 Å². The van der Waals surface area contributed by atoms with Crippen LogP contribution >= 0.6 is 23.6 Å². The molecule has 7 nitrogen and oxygen atoms in total. The largest absolute Gasteiger partial charge is 0.622 e. The van der Waals surface area contributed by atoms with Crippen LogP contribution in [0.1, 0.15) is 44.4 Å². The molecule has 24 heavy (non-hydrogen) atoms. The third-order valence-corrected chi connectivity index (χ3v) is 5.67. The summed E-state index contributed by atoms with van der Waals surface area (Å²) in [6.45, 7) is 3.68. The fourth-order valence-corrected chi connectivity index (χ4v) is 4.57. The van der Waals surface area contributed by atoms with Crippen LogP contribution in [0.4, 0.5) is 0 Å². The lowest BCUT2D eigenvalue weighted by atomic mass is 9.86. The third-order valence-electron chi connectivity index (χ3n) is 4.71. The first kappa shape index (κ1) is 17.3. The summed E-state index contributed by atoms with van der Waals surface area (Å²) in [5.74, 6) is 0. The van der Waals surface area contributed by atoms with Crippen LogP contribution in [-0.2, 0) is 0 Å². The SMILES string of the molecule is CC1(C)C(c2cccs2)=[N+]([O-])[C@]2(CCCCC2=NNC(N)=S)N1O. The van der Waals surface area contributed by atoms with E-state index in [-0.39, 0.29) is 5.11 Å². The monoisotopic (exact) mass is 367 g/mol. The summed E-state index contributed by atoms with van der Waals surface area (Å²) in [5, 5.41) is 31.7. The molecule has 1 saturated carbocycles. The standard InChI is InChI=1S/C15H21N5O2S2/c1-14(2)12(10-6-5-9-24-10)19(21)15(20(14)22)8-4-3-7-11(15)17-18-13(16)23/h5-6,9,22H,3-4,7-8H2,1-2H3,(H3,16,18,23)/t15-/m1/s1. The summed E-state index contributed by atoms with van der Waals surface area (Å²) >= 11 is 6.29. The van der Waals surface area contributed by atoms with Gasteiger partial charge in [-0.3, -0.25) is 5.43 Å². The second kappa shape index (κ2) is 6.07. The predicted octanol–water partition coefficient (Wildman–Crippen LogP) is 1.99. The number of thiocarbonyl (C=S) groups is 1. The van der Waals surface area contributed by atoms with E-state index in [1.54, 1.807) is 0 Å². The van der Waals surface area contributed by atoms with Crippen LogP contribution in [0.2, 0.25) is 0 Å². The van der Waals surface area contributed by atoms with E-state index in [0.717, 1.165) is 27.5 Å². The molecule has 0 aromatic carbocycles. The molecule has 1 fully saturated rings. The molecule has 1 aromatic rings. The van der Waals surface area contributed by atoms with Gasteiger partial charge in [0.2, 0.25) is 5.71 Å². The number of hydrogen-bond donors (Lipinski definition) is 3. The molecule has 1 atom stereocenters. The molecule has 9 heteroatoms. The molecule has 1 aromatic heterocycles. The van der Waals surface area contributed by atoms with Crippen molar-refractivity contribution >= 4 is 40.1 Å². The molecule has 130 valence electrons. The zero-order valence-electron chi connectivity index (χ0n) is 13.7. The molecule has 1 aliphatic heterocycles. The predicted molar refractivity (Wildman–Crippen MR) is 98.3 cm³/mol. The molecular weight excluding hydrogens is 346 g/mol. The van der Waals surface area contributed by atoms with Gasteiger partial charge < -0.3 is 16.1 Å². The molecule has 0 amide bonds. The van der Waals surface area contributed by atoms with Gasteiger partial charge in [0.1, 0.15) is 11.3 Å². The highest BCUT2D eigenvalue weighted by Crippen LogP contribution is 2.42. The van der Waals surface area contributed by atoms with Gasteiger partial charge in [-0.2, -0.15) is 9.84 Å². The first-order valence-electron chi connectivity index (χ1n) is 7.82. The van der Waals surface area contributed by atoms with Gasteiger partial charge in [-0.1, -0.05) is 6.07 Å². The van der Waals surface area contributed by atoms with E-state index in [4.69, 9.17) is 18.0 Å². The lowest BCUT2D eigenvalue weighted by Crippen LogP contribution is -2.61. The molecule has 1 aliphatic carbocycles. The van der Waals surface area contributed by atoms with Crippen molar-refractivity contribution < 1.29 is 9.95 Å². The first-order chi connectivity index (χ1) is 11.3. The smallest absolute Gasteiger partial charge is 0.292 e. The molecule has 0 radical (unpaired) electrons. The molecule has 0 saturated heterocycles. The Morgan fingerprint density at radius 2 is 2.29 bits per heavy atom. The van der Waals surface area contributed by atoms with Crippen molar-refractivity contribution in [3.63, 3.8) is 0 Å². The van der Waals surface area contributed by atoms with E-state index in [0.29, 0.717) is 24.3 Å². The first-order valence-corrected chi connectivity index (χ1v) is 9.11. The fraction of sp³-hybridized carbons (Fsp3) is 0.533. The summed E-state index contributed by atoms with van der Waals surface area (Å²) in [5.41, 5.74) is 7.08. The molecule has 2 aliphatic rings. The summed E-state index contributed by atoms with van der Waals surface area (Å²) in [4.78, 5) is 0.846. The maximum Gasteiger partial charge on any atom is 0.292 e. The van der Waals surface area contributed by atoms with Gasteiger partial charge in [0.15, 0.2) is 5.11 Å². The number of nitrogens with one attached hydrogen (secondary N) is 1. The van der Waals surface area contributed by atoms with Crippen molar-refractivity contribution in [1.82, 2.24) is 10.5 Å². The van der Waals surface area contributed by atoms with Crippen LogP contribution in [0, 0.1) is 5.21 Å². The Morgan fingerprint density at radius 3 is 2.92 bits per heavy atom. The van der Waals surface area contributed by atoms with Gasteiger partial charge >= 0.3 is 0 Å². The van der Waals surface area contributed by atoms with Crippen molar-refractivity contribution in [3.8, 4) is 0 Å². The summed E-state index contributed by atoms with van der Waals surface area (Å²) in [7, 11) is 0. The maximum absolute atomic E-state index is 13.4. The van der Waals surface area contributed by atoms with Crippen LogP contribution in [0.5, 0.6) is 0 Å². The molecule has 0 bridgehead atoms. The van der Waals surface area contributed by atoms with Crippen LogP contribution < -0.4 is 11.2 Å². The number of nitrogens with zero attached hydrogens (tertiary/aromatic N) is 3. The number of rotatable bonds is 2. The van der Waals surface area contributed by atoms with Crippen LogP contribution in [0.25, 0.3) is 0 Å². The van der Waals surface area contributed by atoms with Crippen LogP contribution in [-0.4, -0.2) is 42.7 Å². The lowest BCUT2D eigenvalue weighted by Gasteiger charge is -2.38. The average Bonchev–Trinajstić information content (AvgIpc) is 3.09. The Morgan fingerprint density at radius 1 is 1.54 bits per heavy atom. The number of nitrogens with two attached hydrogens (primary N) is 1. The number of hydroxylamine groups is 3. The average molecular weight is 367 g/mol. The lowest BCUT2D eigenvalue weighted by molar-refractivity contribution is -0.568. The van der Waals surface area contributed by atoms with E-state index < -0.39 is 11.2 Å². The molecular formula is C15H21N5O2S2. The summed E-state index contributed by atoms with van der Waals surface area (Å²) in [6.07, 6.45) is 2.81. The fourth-order valence-electron chi connectivity index (χ4n) is 3.62. The van der Waals surface area contributed by atoms with Crippen molar-refractivity contribution in [2.45, 2.75) is 50.7 Å². The minimum Gasteiger partial charge on any atom is -0.622 e. The van der Waals surface area contributed by atoms with Gasteiger partial charge in [-0.05, 0) is 56.8 Å². The molecule has 1 spiro atoms. The van der Waals surface area contributed by atoms with Gasteiger partial charge in [0.05, 0.1) is 4.88 Å². The highest BCUT2D eigenvalue weighted by atomic mass is 32.1. The van der Waals surface area contributed by atoms with Crippen LogP contribution in [0.3, 0.4) is 0 Å². The maximum atomic E-state index is 13.4. The Bertz CT molecular complexity index is 713. The topological polar surface area (TPSA) is 100.0 Å². The highest BCUT2D eigenvalue weighted by Gasteiger charge is 2.65. The van der Waals surface area contributed by atoms with Gasteiger partial charge in [0, 0.05) is 6.42 Å². The van der Waals surface area contributed by atoms with Crippen molar-refractivity contribution in [1.29, 1.82) is 0 Å². The summed E-state index contributed by atoms with van der Waals surface area (Å²) in [6, 6.07) is 3.79. The molecule has 0 unspecified atom stereocenters. The van der Waals surface area contributed by atoms with Gasteiger partial charge in [0.25, 0.3) is 5.66 Å². The Labute approximate surface area is 150 Å². The second-order valence-corrected chi connectivity index (χ2v) is 7.94. The zero-order chi connectivity index (χ0) is 17.5. The number of thiophene rings is 1. The molecule has 3 rings (SSSR count). The third kappa shape index (κ3) is 2.43. The van der Waals surface area contributed by atoms with Crippen molar-refractivity contribution in [2.75, 3.05) is 0 Å². The summed E-state index contributed by atoms with van der Waals surface area (Å²) < 4.78 is 0.929. The second-order valence-electron chi connectivity index (χ2n) is 6.55. The minimum absolute atomic E-state index is 0.0323. The Hall–Kier alpha value is -1.55. The Balaban J connectivity index is 2.17. The van der Waals surface area contributed by atoms with Gasteiger partial charge in [-0.25, -0.2) is 0 Å². The van der Waals surface area contributed by atoms with Crippen LogP contribution in [0.15, 0.2) is 22.6 Å². The molecule has 2 heterocycles.